The van der Waals surface area contributed by atoms with Crippen LogP contribution in [-0.4, -0.2) is 0 Å². The summed E-state index contributed by atoms with van der Waals surface area (Å²) in [7, 11) is 0. The van der Waals surface area contributed by atoms with Gasteiger partial charge in [-0.1, -0.05) is 152 Å². The van der Waals surface area contributed by atoms with Gasteiger partial charge in [0.1, 0.15) is 22.3 Å². The van der Waals surface area contributed by atoms with Crippen LogP contribution in [0.5, 0.6) is 0 Å². The van der Waals surface area contributed by atoms with E-state index in [1.807, 2.05) is 12.1 Å². The Balaban J connectivity index is 1.02. The third-order valence-corrected chi connectivity index (χ3v) is 10.9. The van der Waals surface area contributed by atoms with E-state index in [4.69, 9.17) is 8.83 Å². The van der Waals surface area contributed by atoms with Crippen molar-refractivity contribution in [3.63, 3.8) is 0 Å². The highest BCUT2D eigenvalue weighted by molar-refractivity contribution is 6.15. The van der Waals surface area contributed by atoms with Gasteiger partial charge in [-0.05, 0) is 108 Å². The van der Waals surface area contributed by atoms with E-state index in [9.17, 15) is 0 Å². The van der Waals surface area contributed by atoms with Gasteiger partial charge < -0.3 is 8.83 Å². The van der Waals surface area contributed by atoms with Crippen LogP contribution in [0.25, 0.3) is 110 Å². The average Bonchev–Trinajstić information content (AvgIpc) is 3.77. The quantitative estimate of drug-likeness (QED) is 0.185. The molecule has 0 bridgehead atoms. The van der Waals surface area contributed by atoms with Crippen molar-refractivity contribution in [1.29, 1.82) is 0 Å². The molecule has 0 aliphatic carbocycles. The summed E-state index contributed by atoms with van der Waals surface area (Å²) in [6.07, 6.45) is 0. The molecule has 0 saturated carbocycles. The molecule has 2 aromatic heterocycles. The van der Waals surface area contributed by atoms with Gasteiger partial charge in [0.2, 0.25) is 0 Å². The van der Waals surface area contributed by atoms with E-state index in [2.05, 4.69) is 182 Å². The first-order chi connectivity index (χ1) is 26.7. The first kappa shape index (κ1) is 30.5. The molecular formula is C52H32O2. The smallest absolute Gasteiger partial charge is 0.136 e. The van der Waals surface area contributed by atoms with Crippen LogP contribution >= 0.6 is 0 Å². The summed E-state index contributed by atoms with van der Waals surface area (Å²) < 4.78 is 12.6. The van der Waals surface area contributed by atoms with Crippen molar-refractivity contribution < 1.29 is 8.83 Å². The average molecular weight is 689 g/mol. The molecule has 0 N–H and O–H groups in total. The van der Waals surface area contributed by atoms with Gasteiger partial charge in [0.05, 0.1) is 0 Å². The van der Waals surface area contributed by atoms with Crippen LogP contribution in [0.15, 0.2) is 203 Å². The molecule has 0 aliphatic rings. The summed E-state index contributed by atoms with van der Waals surface area (Å²) in [5, 5.41) is 11.6. The highest BCUT2D eigenvalue weighted by atomic mass is 16.3. The molecule has 0 amide bonds. The predicted molar refractivity (Wildman–Crippen MR) is 227 cm³/mol. The van der Waals surface area contributed by atoms with Crippen LogP contribution in [0.3, 0.4) is 0 Å². The summed E-state index contributed by atoms with van der Waals surface area (Å²) in [4.78, 5) is 0. The second-order valence-electron chi connectivity index (χ2n) is 14.0. The Kier molecular flexibility index (Phi) is 6.90. The highest BCUT2D eigenvalue weighted by Gasteiger charge is 2.14. The zero-order valence-corrected chi connectivity index (χ0v) is 29.3. The van der Waals surface area contributed by atoms with E-state index in [-0.39, 0.29) is 0 Å². The normalized spacial score (nSPS) is 11.7. The van der Waals surface area contributed by atoms with E-state index < -0.39 is 0 Å². The molecule has 11 aromatic rings. The van der Waals surface area contributed by atoms with Crippen LogP contribution in [0.2, 0.25) is 0 Å². The maximum Gasteiger partial charge on any atom is 0.136 e. The third kappa shape index (κ3) is 4.96. The largest absolute Gasteiger partial charge is 0.456 e. The maximum absolute atomic E-state index is 6.42. The van der Waals surface area contributed by atoms with E-state index >= 15 is 0 Å². The zero-order chi connectivity index (χ0) is 35.6. The second-order valence-corrected chi connectivity index (χ2v) is 14.0. The van der Waals surface area contributed by atoms with Crippen LogP contribution in [-0.2, 0) is 0 Å². The molecular weight excluding hydrogens is 657 g/mol. The summed E-state index contributed by atoms with van der Waals surface area (Å²) in [5.74, 6) is 0. The van der Waals surface area contributed by atoms with E-state index in [1.54, 1.807) is 0 Å². The molecule has 0 fully saturated rings. The number of hydrogen-bond donors (Lipinski definition) is 0. The van der Waals surface area contributed by atoms with Gasteiger partial charge in [-0.3, -0.25) is 0 Å². The monoisotopic (exact) mass is 688 g/mol. The third-order valence-electron chi connectivity index (χ3n) is 10.9. The van der Waals surface area contributed by atoms with Gasteiger partial charge >= 0.3 is 0 Å². The topological polar surface area (TPSA) is 26.3 Å². The lowest BCUT2D eigenvalue weighted by atomic mass is 9.92. The van der Waals surface area contributed by atoms with Crippen molar-refractivity contribution in [2.24, 2.45) is 0 Å². The lowest BCUT2D eigenvalue weighted by Gasteiger charge is -2.11. The fourth-order valence-corrected chi connectivity index (χ4v) is 8.28. The summed E-state index contributed by atoms with van der Waals surface area (Å²) in [6, 6.07) is 69.4. The number of benzene rings is 8. The molecule has 2 heteroatoms. The van der Waals surface area contributed by atoms with Gasteiger partial charge in [-0.2, -0.15) is 0 Å². The highest BCUT2D eigenvalue weighted by Crippen LogP contribution is 2.39. The van der Waals surface area contributed by atoms with Crippen molar-refractivity contribution >= 4 is 76.2 Å². The minimum atomic E-state index is 0.883. The van der Waals surface area contributed by atoms with E-state index in [0.29, 0.717) is 0 Å². The number of hydrogen-bond acceptors (Lipinski definition) is 2. The van der Waals surface area contributed by atoms with Gasteiger partial charge in [0, 0.05) is 21.5 Å². The number of fused-ring (bicyclic) bond motifs is 9. The van der Waals surface area contributed by atoms with Crippen molar-refractivity contribution in [3.8, 4) is 33.4 Å². The van der Waals surface area contributed by atoms with E-state index in [1.165, 1.54) is 38.2 Å². The Morgan fingerprint density at radius 3 is 1.46 bits per heavy atom. The molecule has 0 saturated heterocycles. The molecule has 252 valence electrons. The van der Waals surface area contributed by atoms with Crippen molar-refractivity contribution in [2.45, 2.75) is 0 Å². The van der Waals surface area contributed by atoms with Crippen LogP contribution < -0.4 is 0 Å². The number of rotatable bonds is 3. The molecule has 54 heavy (non-hydrogen) atoms. The fraction of sp³-hybridized carbons (Fsp3) is 0. The molecule has 0 atom stereocenters. The van der Waals surface area contributed by atoms with Crippen molar-refractivity contribution in [3.05, 3.63) is 194 Å². The minimum absolute atomic E-state index is 0.883. The Hall–Kier alpha value is -7.16. The summed E-state index contributed by atoms with van der Waals surface area (Å²) in [5.41, 5.74) is 10.6. The SMILES string of the molecule is c1cccc(-c2cccc3ccccc23)c2ccccc2c(-c2ccc(-c3ccc4oc5cc6cc7c(cc6cc5c4c3)oc3ccccc37)cc2)cc1. The first-order valence-electron chi connectivity index (χ1n) is 18.4. The lowest BCUT2D eigenvalue weighted by Crippen LogP contribution is -1.85. The van der Waals surface area contributed by atoms with Gasteiger partial charge in [-0.25, -0.2) is 0 Å². The van der Waals surface area contributed by atoms with Crippen molar-refractivity contribution in [2.75, 3.05) is 0 Å². The van der Waals surface area contributed by atoms with Crippen molar-refractivity contribution in [1.82, 2.24) is 0 Å². The zero-order valence-electron chi connectivity index (χ0n) is 29.3. The van der Waals surface area contributed by atoms with Crippen LogP contribution in [0.1, 0.15) is 0 Å². The van der Waals surface area contributed by atoms with Crippen LogP contribution in [0.4, 0.5) is 0 Å². The Morgan fingerprint density at radius 2 is 0.704 bits per heavy atom. The standard InChI is InChI=1S/C52H32O2/c1-2-4-16-43(42-20-11-13-34-12-5-6-15-39(34)42)44-18-8-7-17-41(44)40(14-3-1)35-24-22-33(23-25-35)36-26-27-50-47(28-36)48-30-38-31-51-46(29-37(38)32-52(48)54-50)45-19-9-10-21-49(45)53-51/h1-32H. The summed E-state index contributed by atoms with van der Waals surface area (Å²) >= 11 is 0. The second kappa shape index (κ2) is 12.2. The van der Waals surface area contributed by atoms with Gasteiger partial charge in [0.25, 0.3) is 0 Å². The molecule has 0 unspecified atom stereocenters. The predicted octanol–water partition coefficient (Wildman–Crippen LogP) is 15.1. The Morgan fingerprint density at radius 1 is 0.222 bits per heavy atom. The van der Waals surface area contributed by atoms with Crippen LogP contribution in [0, 0.1) is 0 Å². The fourth-order valence-electron chi connectivity index (χ4n) is 8.28. The number of furan rings is 2. The first-order valence-corrected chi connectivity index (χ1v) is 18.4. The Labute approximate surface area is 311 Å². The molecule has 11 rings (SSSR count). The van der Waals surface area contributed by atoms with Gasteiger partial charge in [-0.15, -0.1) is 0 Å². The summed E-state index contributed by atoms with van der Waals surface area (Å²) in [6.45, 7) is 0. The molecule has 2 heterocycles. The maximum atomic E-state index is 6.42. The van der Waals surface area contributed by atoms with Gasteiger partial charge in [0.15, 0.2) is 0 Å². The molecule has 9 aromatic carbocycles. The Bertz CT molecular complexity index is 3320. The molecule has 0 radical (unpaired) electrons. The molecule has 2 nitrogen and oxygen atoms in total. The molecule has 0 aliphatic heterocycles. The molecule has 0 spiro atoms. The lowest BCUT2D eigenvalue weighted by molar-refractivity contribution is 0.668. The minimum Gasteiger partial charge on any atom is -0.456 e. The number of para-hydroxylation sites is 1. The van der Waals surface area contributed by atoms with E-state index in [0.717, 1.165) is 71.3 Å².